The van der Waals surface area contributed by atoms with E-state index in [0.717, 1.165) is 0 Å². The van der Waals surface area contributed by atoms with Crippen molar-refractivity contribution in [2.24, 2.45) is 5.92 Å². The van der Waals surface area contributed by atoms with Gasteiger partial charge >= 0.3 is 5.97 Å². The molecule has 1 aliphatic heterocycles. The number of nitro groups is 1. The third-order valence-corrected chi connectivity index (χ3v) is 3.74. The molecule has 0 fully saturated rings. The van der Waals surface area contributed by atoms with Gasteiger partial charge < -0.3 is 10.1 Å². The maximum absolute atomic E-state index is 12.4. The van der Waals surface area contributed by atoms with Gasteiger partial charge in [-0.25, -0.2) is 4.79 Å². The Hall–Kier alpha value is -2.70. The molecule has 1 aliphatic rings. The quantitative estimate of drug-likeness (QED) is 0.508. The lowest BCUT2D eigenvalue weighted by atomic mass is 9.84. The number of ether oxygens (including phenoxy) is 1. The molecule has 2 rings (SSSR count). The lowest BCUT2D eigenvalue weighted by Gasteiger charge is -2.26. The van der Waals surface area contributed by atoms with Gasteiger partial charge in [0.15, 0.2) is 0 Å². The summed E-state index contributed by atoms with van der Waals surface area (Å²) in [6.45, 7) is 5.81. The number of hydrogen-bond acceptors (Lipinski definition) is 5. The molecule has 1 aromatic carbocycles. The first-order valence-corrected chi connectivity index (χ1v) is 7.71. The number of rotatable bonds is 5. The maximum Gasteiger partial charge on any atom is 0.336 e. The van der Waals surface area contributed by atoms with Gasteiger partial charge in [-0.3, -0.25) is 14.9 Å². The number of nitrogens with zero attached hydrogens (tertiary/aromatic N) is 1. The number of esters is 1. The van der Waals surface area contributed by atoms with E-state index in [2.05, 4.69) is 5.32 Å². The number of allylic oxidation sites excluding steroid dienone is 1. The molecule has 0 bridgehead atoms. The highest BCUT2D eigenvalue weighted by atomic mass is 16.6. The van der Waals surface area contributed by atoms with Crippen LogP contribution in [-0.4, -0.2) is 23.4 Å². The fourth-order valence-electron chi connectivity index (χ4n) is 2.60. The number of benzene rings is 1. The number of carbonyl (C=O) groups excluding carboxylic acids is 2. The second-order valence-electron chi connectivity index (χ2n) is 6.18. The number of hydrogen-bond donors (Lipinski definition) is 1. The maximum atomic E-state index is 12.4. The van der Waals surface area contributed by atoms with Crippen molar-refractivity contribution in [1.82, 2.24) is 5.32 Å². The summed E-state index contributed by atoms with van der Waals surface area (Å²) in [7, 11) is 0. The van der Waals surface area contributed by atoms with E-state index >= 15 is 0 Å². The molecule has 0 saturated carbocycles. The fraction of sp³-hybridized carbons (Fsp3) is 0.412. The topological polar surface area (TPSA) is 98.5 Å². The molecule has 0 unspecified atom stereocenters. The van der Waals surface area contributed by atoms with E-state index in [-0.39, 0.29) is 30.5 Å². The Morgan fingerprint density at radius 3 is 2.54 bits per heavy atom. The minimum Gasteiger partial charge on any atom is -0.462 e. The van der Waals surface area contributed by atoms with Crippen LogP contribution in [0.3, 0.4) is 0 Å². The highest BCUT2D eigenvalue weighted by Crippen LogP contribution is 2.34. The average Bonchev–Trinajstić information content (AvgIpc) is 2.52. The minimum atomic E-state index is -0.490. The zero-order chi connectivity index (χ0) is 17.9. The van der Waals surface area contributed by atoms with Crippen LogP contribution >= 0.6 is 0 Å². The van der Waals surface area contributed by atoms with Gasteiger partial charge in [0.2, 0.25) is 5.91 Å². The summed E-state index contributed by atoms with van der Waals surface area (Å²) in [5.74, 6) is -0.939. The third-order valence-electron chi connectivity index (χ3n) is 3.74. The van der Waals surface area contributed by atoms with Crippen LogP contribution in [0.25, 0.3) is 0 Å². The predicted octanol–water partition coefficient (Wildman–Crippen LogP) is 2.67. The summed E-state index contributed by atoms with van der Waals surface area (Å²) < 4.78 is 5.31. The van der Waals surface area contributed by atoms with Crippen molar-refractivity contribution in [1.29, 1.82) is 0 Å². The van der Waals surface area contributed by atoms with Crippen LogP contribution in [-0.2, 0) is 14.3 Å². The van der Waals surface area contributed by atoms with Crippen LogP contribution in [0.1, 0.15) is 38.7 Å². The monoisotopic (exact) mass is 332 g/mol. The van der Waals surface area contributed by atoms with Gasteiger partial charge in [0.05, 0.1) is 17.1 Å². The van der Waals surface area contributed by atoms with Gasteiger partial charge in [-0.1, -0.05) is 26.0 Å². The van der Waals surface area contributed by atoms with E-state index in [1.165, 1.54) is 12.1 Å². The summed E-state index contributed by atoms with van der Waals surface area (Å²) >= 11 is 0. The molecule has 0 aromatic heterocycles. The van der Waals surface area contributed by atoms with Gasteiger partial charge in [0.1, 0.15) is 0 Å². The molecule has 0 radical (unpaired) electrons. The molecule has 1 aromatic rings. The zero-order valence-corrected chi connectivity index (χ0v) is 13.9. The van der Waals surface area contributed by atoms with Gasteiger partial charge in [-0.15, -0.1) is 0 Å². The molecule has 0 spiro atoms. The minimum absolute atomic E-state index is 0.0383. The van der Waals surface area contributed by atoms with Gasteiger partial charge in [0.25, 0.3) is 5.69 Å². The van der Waals surface area contributed by atoms with Crippen LogP contribution in [0.15, 0.2) is 35.5 Å². The Balaban J connectivity index is 2.33. The van der Waals surface area contributed by atoms with E-state index in [4.69, 9.17) is 4.74 Å². The highest BCUT2D eigenvalue weighted by Gasteiger charge is 2.33. The molecule has 24 heavy (non-hydrogen) atoms. The molecule has 128 valence electrons. The molecule has 1 N–H and O–H groups in total. The first kappa shape index (κ1) is 17.7. The van der Waals surface area contributed by atoms with Crippen molar-refractivity contribution >= 4 is 17.6 Å². The number of carbonyl (C=O) groups is 2. The van der Waals surface area contributed by atoms with Crippen molar-refractivity contribution in [2.75, 3.05) is 6.61 Å². The highest BCUT2D eigenvalue weighted by molar-refractivity contribution is 5.95. The van der Waals surface area contributed by atoms with Crippen LogP contribution in [0.5, 0.6) is 0 Å². The van der Waals surface area contributed by atoms with Crippen molar-refractivity contribution < 1.29 is 19.2 Å². The Labute approximate surface area is 139 Å². The molecule has 1 atom stereocenters. The van der Waals surface area contributed by atoms with Crippen molar-refractivity contribution in [3.63, 3.8) is 0 Å². The Morgan fingerprint density at radius 2 is 2.00 bits per heavy atom. The van der Waals surface area contributed by atoms with Crippen LogP contribution in [0.2, 0.25) is 0 Å². The SMILES string of the molecule is CC1=C(C(=O)OCC(C)C)[C@H](c2ccc([N+](=O)[O-])cc2)CC(=O)N1. The second kappa shape index (κ2) is 7.25. The van der Waals surface area contributed by atoms with E-state index in [0.29, 0.717) is 16.8 Å². The molecular weight excluding hydrogens is 312 g/mol. The predicted molar refractivity (Wildman–Crippen MR) is 87.1 cm³/mol. The van der Waals surface area contributed by atoms with E-state index in [1.807, 2.05) is 13.8 Å². The van der Waals surface area contributed by atoms with Crippen molar-refractivity contribution in [3.8, 4) is 0 Å². The first-order valence-electron chi connectivity index (χ1n) is 7.71. The molecule has 0 aliphatic carbocycles. The summed E-state index contributed by atoms with van der Waals surface area (Å²) in [5, 5.41) is 13.4. The summed E-state index contributed by atoms with van der Waals surface area (Å²) in [4.78, 5) is 34.6. The number of non-ortho nitro benzene ring substituents is 1. The Kier molecular flexibility index (Phi) is 5.33. The third kappa shape index (κ3) is 3.98. The summed E-state index contributed by atoms with van der Waals surface area (Å²) in [6.07, 6.45) is 0.0985. The number of nitrogens with one attached hydrogen (secondary N) is 1. The van der Waals surface area contributed by atoms with Gasteiger partial charge in [-0.2, -0.15) is 0 Å². The zero-order valence-electron chi connectivity index (χ0n) is 13.9. The van der Waals surface area contributed by atoms with Crippen LogP contribution < -0.4 is 5.32 Å². The molecule has 1 amide bonds. The van der Waals surface area contributed by atoms with Gasteiger partial charge in [-0.05, 0) is 18.4 Å². The lowest BCUT2D eigenvalue weighted by molar-refractivity contribution is -0.384. The average molecular weight is 332 g/mol. The van der Waals surface area contributed by atoms with E-state index in [1.54, 1.807) is 19.1 Å². The first-order chi connectivity index (χ1) is 11.3. The summed E-state index contributed by atoms with van der Waals surface area (Å²) in [5.41, 5.74) is 1.49. The molecule has 7 heteroatoms. The van der Waals surface area contributed by atoms with E-state index in [9.17, 15) is 19.7 Å². The smallest absolute Gasteiger partial charge is 0.336 e. The summed E-state index contributed by atoms with van der Waals surface area (Å²) in [6, 6.07) is 5.89. The molecule has 0 saturated heterocycles. The Bertz CT molecular complexity index is 691. The molecule has 7 nitrogen and oxygen atoms in total. The largest absolute Gasteiger partial charge is 0.462 e. The molecular formula is C17H20N2O5. The number of nitro benzene ring substituents is 1. The van der Waals surface area contributed by atoms with Crippen molar-refractivity contribution in [2.45, 2.75) is 33.1 Å². The van der Waals surface area contributed by atoms with Crippen LogP contribution in [0, 0.1) is 16.0 Å². The van der Waals surface area contributed by atoms with Crippen molar-refractivity contribution in [3.05, 3.63) is 51.2 Å². The lowest BCUT2D eigenvalue weighted by Crippen LogP contribution is -2.34. The van der Waals surface area contributed by atoms with Crippen LogP contribution in [0.4, 0.5) is 5.69 Å². The molecule has 1 heterocycles. The Morgan fingerprint density at radius 1 is 1.38 bits per heavy atom. The standard InChI is InChI=1S/C17H20N2O5/c1-10(2)9-24-17(21)16-11(3)18-15(20)8-14(16)12-4-6-13(7-5-12)19(22)23/h4-7,10,14H,8-9H2,1-3H3,(H,18,20)/t14-/m0/s1. The van der Waals surface area contributed by atoms with Gasteiger partial charge in [0, 0.05) is 30.2 Å². The number of amides is 1. The fourth-order valence-corrected chi connectivity index (χ4v) is 2.60. The van der Waals surface area contributed by atoms with E-state index < -0.39 is 16.8 Å². The second-order valence-corrected chi connectivity index (χ2v) is 6.18. The normalized spacial score (nSPS) is 17.7.